The van der Waals surface area contributed by atoms with Gasteiger partial charge in [-0.25, -0.2) is 9.37 Å². The van der Waals surface area contributed by atoms with E-state index in [9.17, 15) is 9.18 Å². The summed E-state index contributed by atoms with van der Waals surface area (Å²) < 4.78 is 16.9. The Labute approximate surface area is 137 Å². The molecule has 1 saturated heterocycles. The smallest absolute Gasteiger partial charge is 0.246 e. The molecule has 1 fully saturated rings. The lowest BCUT2D eigenvalue weighted by Gasteiger charge is -2.34. The number of carbonyl (C=O) groups is 1. The summed E-state index contributed by atoms with van der Waals surface area (Å²) in [5, 5.41) is 4.11. The van der Waals surface area contributed by atoms with Gasteiger partial charge in [-0.2, -0.15) is 5.10 Å². The van der Waals surface area contributed by atoms with Gasteiger partial charge < -0.3 is 14.4 Å². The summed E-state index contributed by atoms with van der Waals surface area (Å²) in [6.07, 6.45) is 3.51. The number of hydrogen-bond donors (Lipinski definition) is 0. The molecule has 3 heterocycles. The minimum absolute atomic E-state index is 0.00696. The number of carbonyl (C=O) groups excluding carboxylic acids is 1. The van der Waals surface area contributed by atoms with Crippen molar-refractivity contribution in [3.05, 3.63) is 36.4 Å². The lowest BCUT2D eigenvalue weighted by atomic mass is 10.3. The molecule has 0 saturated carbocycles. The molecule has 1 aliphatic rings. The third kappa shape index (κ3) is 2.31. The Bertz CT molecular complexity index is 930. The second-order valence-corrected chi connectivity index (χ2v) is 5.94. The van der Waals surface area contributed by atoms with Crippen LogP contribution in [0.4, 0.5) is 16.0 Å². The summed E-state index contributed by atoms with van der Waals surface area (Å²) in [5.74, 6) is 0.372. The van der Waals surface area contributed by atoms with Crippen LogP contribution in [0.1, 0.15) is 0 Å². The maximum Gasteiger partial charge on any atom is 0.246 e. The molecule has 7 nitrogen and oxygen atoms in total. The summed E-state index contributed by atoms with van der Waals surface area (Å²) in [4.78, 5) is 20.7. The summed E-state index contributed by atoms with van der Waals surface area (Å²) in [7, 11) is 3.66. The lowest BCUT2D eigenvalue weighted by Crippen LogP contribution is -2.51. The monoisotopic (exact) mass is 328 g/mol. The summed E-state index contributed by atoms with van der Waals surface area (Å²) in [6, 6.07) is 4.51. The van der Waals surface area contributed by atoms with Gasteiger partial charge in [0.05, 0.1) is 22.9 Å². The first kappa shape index (κ1) is 14.7. The maximum atomic E-state index is 13.4. The Morgan fingerprint density at radius 1 is 1.21 bits per heavy atom. The molecule has 124 valence electrons. The van der Waals surface area contributed by atoms with E-state index in [0.717, 1.165) is 11.2 Å². The van der Waals surface area contributed by atoms with Crippen LogP contribution in [-0.4, -0.2) is 44.9 Å². The van der Waals surface area contributed by atoms with Gasteiger partial charge in [-0.05, 0) is 18.2 Å². The fourth-order valence-corrected chi connectivity index (χ4v) is 3.10. The number of fused-ring (bicyclic) bond motifs is 1. The highest BCUT2D eigenvalue weighted by molar-refractivity contribution is 5.97. The molecule has 1 aromatic carbocycles. The van der Waals surface area contributed by atoms with Gasteiger partial charge in [-0.1, -0.05) is 0 Å². The van der Waals surface area contributed by atoms with E-state index < -0.39 is 0 Å². The van der Waals surface area contributed by atoms with Crippen molar-refractivity contribution in [2.24, 2.45) is 14.1 Å². The van der Waals surface area contributed by atoms with Crippen molar-refractivity contribution in [1.29, 1.82) is 0 Å². The molecule has 2 aromatic heterocycles. The predicted molar refractivity (Wildman–Crippen MR) is 88.4 cm³/mol. The van der Waals surface area contributed by atoms with Crippen molar-refractivity contribution in [2.75, 3.05) is 29.4 Å². The number of imidazole rings is 1. The van der Waals surface area contributed by atoms with Crippen LogP contribution in [0, 0.1) is 5.82 Å². The number of nitrogens with zero attached hydrogens (tertiary/aromatic N) is 6. The molecule has 4 rings (SSSR count). The van der Waals surface area contributed by atoms with E-state index in [1.807, 2.05) is 29.8 Å². The molecular formula is C16H17FN6O. The molecule has 0 bridgehead atoms. The highest BCUT2D eigenvalue weighted by Gasteiger charge is 2.28. The number of aromatic nitrogens is 4. The zero-order valence-electron chi connectivity index (χ0n) is 13.5. The highest BCUT2D eigenvalue weighted by atomic mass is 19.1. The van der Waals surface area contributed by atoms with E-state index in [2.05, 4.69) is 10.1 Å². The van der Waals surface area contributed by atoms with Gasteiger partial charge in [-0.3, -0.25) is 9.48 Å². The Balaban J connectivity index is 1.61. The van der Waals surface area contributed by atoms with Gasteiger partial charge in [-0.15, -0.1) is 0 Å². The van der Waals surface area contributed by atoms with Gasteiger partial charge in [0.15, 0.2) is 0 Å². The van der Waals surface area contributed by atoms with E-state index in [-0.39, 0.29) is 18.3 Å². The predicted octanol–water partition coefficient (Wildman–Crippen LogP) is 1.30. The zero-order valence-corrected chi connectivity index (χ0v) is 13.5. The van der Waals surface area contributed by atoms with Crippen LogP contribution in [0.25, 0.3) is 11.0 Å². The van der Waals surface area contributed by atoms with Crippen LogP contribution < -0.4 is 9.80 Å². The van der Waals surface area contributed by atoms with Gasteiger partial charge >= 0.3 is 0 Å². The topological polar surface area (TPSA) is 59.2 Å². The molecule has 3 aromatic rings. The van der Waals surface area contributed by atoms with Crippen LogP contribution >= 0.6 is 0 Å². The van der Waals surface area contributed by atoms with Crippen molar-refractivity contribution in [3.8, 4) is 0 Å². The fraction of sp³-hybridized carbons (Fsp3) is 0.312. The van der Waals surface area contributed by atoms with E-state index in [1.54, 1.807) is 21.8 Å². The fourth-order valence-electron chi connectivity index (χ4n) is 3.10. The number of hydrogen-bond acceptors (Lipinski definition) is 4. The number of amides is 1. The van der Waals surface area contributed by atoms with Gasteiger partial charge in [0.25, 0.3) is 0 Å². The van der Waals surface area contributed by atoms with E-state index in [0.29, 0.717) is 24.6 Å². The van der Waals surface area contributed by atoms with Gasteiger partial charge in [0.2, 0.25) is 11.9 Å². The minimum atomic E-state index is -0.297. The van der Waals surface area contributed by atoms with E-state index in [4.69, 9.17) is 0 Å². The van der Waals surface area contributed by atoms with Crippen LogP contribution in [-0.2, 0) is 18.9 Å². The van der Waals surface area contributed by atoms with Gasteiger partial charge in [0.1, 0.15) is 12.4 Å². The van der Waals surface area contributed by atoms with Crippen molar-refractivity contribution in [3.63, 3.8) is 0 Å². The Kier molecular flexibility index (Phi) is 3.26. The molecule has 0 spiro atoms. The lowest BCUT2D eigenvalue weighted by molar-refractivity contribution is -0.117. The van der Waals surface area contributed by atoms with Crippen LogP contribution in [0.15, 0.2) is 30.6 Å². The number of piperazine rings is 1. The van der Waals surface area contributed by atoms with E-state index in [1.165, 1.54) is 12.1 Å². The standard InChI is InChI=1S/C16H17FN6O/c1-20-9-12(8-18-20)23-6-5-22(10-15(23)24)16-19-13-4-3-11(17)7-14(13)21(16)2/h3-4,7-9H,5-6,10H2,1-2H3. The number of benzene rings is 1. The Hall–Kier alpha value is -2.90. The molecule has 0 radical (unpaired) electrons. The molecule has 24 heavy (non-hydrogen) atoms. The molecular weight excluding hydrogens is 311 g/mol. The SMILES string of the molecule is Cn1cc(N2CCN(c3nc4ccc(F)cc4n3C)CC2=O)cn1. The molecule has 0 unspecified atom stereocenters. The van der Waals surface area contributed by atoms with Crippen LogP contribution in [0.3, 0.4) is 0 Å². The van der Waals surface area contributed by atoms with Crippen molar-refractivity contribution in [2.45, 2.75) is 0 Å². The summed E-state index contributed by atoms with van der Waals surface area (Å²) >= 11 is 0. The largest absolute Gasteiger partial charge is 0.331 e. The van der Waals surface area contributed by atoms with Crippen LogP contribution in [0.2, 0.25) is 0 Å². The summed E-state index contributed by atoms with van der Waals surface area (Å²) in [5.41, 5.74) is 2.23. The van der Waals surface area contributed by atoms with E-state index >= 15 is 0 Å². The summed E-state index contributed by atoms with van der Waals surface area (Å²) in [6.45, 7) is 1.44. The average Bonchev–Trinajstić information content (AvgIpc) is 3.12. The van der Waals surface area contributed by atoms with Crippen molar-refractivity contribution in [1.82, 2.24) is 19.3 Å². The first-order valence-corrected chi connectivity index (χ1v) is 7.69. The average molecular weight is 328 g/mol. The highest BCUT2D eigenvalue weighted by Crippen LogP contribution is 2.24. The quantitative estimate of drug-likeness (QED) is 0.711. The second-order valence-electron chi connectivity index (χ2n) is 5.94. The molecule has 0 atom stereocenters. The second kappa shape index (κ2) is 5.33. The first-order valence-electron chi connectivity index (χ1n) is 7.69. The molecule has 8 heteroatoms. The Morgan fingerprint density at radius 2 is 2.04 bits per heavy atom. The third-order valence-electron chi connectivity index (χ3n) is 4.33. The maximum absolute atomic E-state index is 13.4. The number of rotatable bonds is 2. The van der Waals surface area contributed by atoms with Crippen LogP contribution in [0.5, 0.6) is 0 Å². The number of aryl methyl sites for hydroxylation is 2. The number of anilines is 2. The van der Waals surface area contributed by atoms with Crippen molar-refractivity contribution < 1.29 is 9.18 Å². The Morgan fingerprint density at radius 3 is 2.75 bits per heavy atom. The number of halogens is 1. The molecule has 0 N–H and O–H groups in total. The molecule has 1 amide bonds. The third-order valence-corrected chi connectivity index (χ3v) is 4.33. The normalized spacial score (nSPS) is 15.5. The minimum Gasteiger partial charge on any atom is -0.331 e. The molecule has 1 aliphatic heterocycles. The van der Waals surface area contributed by atoms with Crippen molar-refractivity contribution >= 4 is 28.6 Å². The zero-order chi connectivity index (χ0) is 16.8. The van der Waals surface area contributed by atoms with Gasteiger partial charge in [0, 0.05) is 33.4 Å². The first-order chi connectivity index (χ1) is 11.5. The molecule has 0 aliphatic carbocycles.